The number of thiophene rings is 1. The van der Waals surface area contributed by atoms with Crippen molar-refractivity contribution >= 4 is 34.0 Å². The van der Waals surface area contributed by atoms with Crippen LogP contribution < -0.4 is 5.43 Å². The Kier molecular flexibility index (Phi) is 3.97. The molecular formula is C15H15N5OS. The fourth-order valence-electron chi connectivity index (χ4n) is 2.04. The minimum atomic E-state index is -0.233. The van der Waals surface area contributed by atoms with Gasteiger partial charge in [0, 0.05) is 4.88 Å². The van der Waals surface area contributed by atoms with Gasteiger partial charge in [-0.3, -0.25) is 4.79 Å². The molecule has 0 aliphatic rings. The molecule has 0 atom stereocenters. The van der Waals surface area contributed by atoms with Crippen molar-refractivity contribution < 1.29 is 4.79 Å². The number of hydrogen-bond acceptors (Lipinski definition) is 5. The van der Waals surface area contributed by atoms with Crippen molar-refractivity contribution in [1.82, 2.24) is 20.4 Å². The predicted molar refractivity (Wildman–Crippen MR) is 86.9 cm³/mol. The summed E-state index contributed by atoms with van der Waals surface area (Å²) in [7, 11) is 0. The zero-order valence-corrected chi connectivity index (χ0v) is 13.1. The molecule has 0 aliphatic carbocycles. The first kappa shape index (κ1) is 14.4. The van der Waals surface area contributed by atoms with Gasteiger partial charge < -0.3 is 0 Å². The Balaban J connectivity index is 1.68. The molecule has 0 saturated heterocycles. The number of fused-ring (bicyclic) bond motifs is 1. The van der Waals surface area contributed by atoms with Crippen molar-refractivity contribution in [2.45, 2.75) is 20.4 Å². The first-order valence-electron chi connectivity index (χ1n) is 6.81. The summed E-state index contributed by atoms with van der Waals surface area (Å²) in [6.45, 7) is 3.99. The highest BCUT2D eigenvalue weighted by Crippen LogP contribution is 2.15. The van der Waals surface area contributed by atoms with Gasteiger partial charge in [0.15, 0.2) is 0 Å². The van der Waals surface area contributed by atoms with E-state index in [1.54, 1.807) is 16.0 Å². The quantitative estimate of drug-likeness (QED) is 0.593. The average Bonchev–Trinajstić information content (AvgIpc) is 3.12. The maximum absolute atomic E-state index is 12.0. The summed E-state index contributed by atoms with van der Waals surface area (Å²) < 4.78 is 1.56. The molecule has 0 radical (unpaired) electrons. The molecule has 7 heteroatoms. The zero-order chi connectivity index (χ0) is 15.5. The molecule has 3 aromatic rings. The van der Waals surface area contributed by atoms with Gasteiger partial charge in [-0.1, -0.05) is 17.3 Å². The van der Waals surface area contributed by atoms with Gasteiger partial charge in [0.2, 0.25) is 0 Å². The zero-order valence-electron chi connectivity index (χ0n) is 12.3. The van der Waals surface area contributed by atoms with Gasteiger partial charge >= 0.3 is 0 Å². The summed E-state index contributed by atoms with van der Waals surface area (Å²) in [4.78, 5) is 14.2. The van der Waals surface area contributed by atoms with Crippen molar-refractivity contribution in [3.8, 4) is 0 Å². The van der Waals surface area contributed by atoms with Crippen LogP contribution in [0.25, 0.3) is 11.0 Å². The van der Waals surface area contributed by atoms with E-state index < -0.39 is 0 Å². The van der Waals surface area contributed by atoms with Crippen LogP contribution in [0.2, 0.25) is 0 Å². The second-order valence-corrected chi connectivity index (χ2v) is 6.17. The summed E-state index contributed by atoms with van der Waals surface area (Å²) >= 11 is 1.65. The SMILES string of the molecule is C/C(=N/NC(=O)Cn1nnc2ccccc21)c1ccc(C)s1. The van der Waals surface area contributed by atoms with E-state index in [-0.39, 0.29) is 12.5 Å². The van der Waals surface area contributed by atoms with Crippen LogP contribution in [-0.4, -0.2) is 26.6 Å². The number of hydrogen-bond donors (Lipinski definition) is 1. The van der Waals surface area contributed by atoms with E-state index in [0.29, 0.717) is 0 Å². The van der Waals surface area contributed by atoms with Gasteiger partial charge in [0.1, 0.15) is 12.1 Å². The molecule has 0 unspecified atom stereocenters. The third-order valence-corrected chi connectivity index (χ3v) is 4.27. The summed E-state index contributed by atoms with van der Waals surface area (Å²) in [6, 6.07) is 11.5. The van der Waals surface area contributed by atoms with Gasteiger partial charge in [0.05, 0.1) is 16.1 Å². The molecule has 2 heterocycles. The van der Waals surface area contributed by atoms with Crippen LogP contribution in [0.5, 0.6) is 0 Å². The molecule has 0 bridgehead atoms. The van der Waals surface area contributed by atoms with Crippen LogP contribution >= 0.6 is 11.3 Å². The number of aromatic nitrogens is 3. The number of hydrazone groups is 1. The predicted octanol–water partition coefficient (Wildman–Crippen LogP) is 2.34. The number of nitrogens with one attached hydrogen (secondary N) is 1. The molecule has 2 aromatic heterocycles. The molecule has 22 heavy (non-hydrogen) atoms. The van der Waals surface area contributed by atoms with Crippen LogP contribution in [-0.2, 0) is 11.3 Å². The van der Waals surface area contributed by atoms with E-state index in [1.807, 2.05) is 50.2 Å². The van der Waals surface area contributed by atoms with Gasteiger partial charge in [-0.15, -0.1) is 16.4 Å². The van der Waals surface area contributed by atoms with E-state index >= 15 is 0 Å². The Morgan fingerprint density at radius 2 is 2.14 bits per heavy atom. The molecule has 1 aromatic carbocycles. The highest BCUT2D eigenvalue weighted by Gasteiger charge is 2.08. The van der Waals surface area contributed by atoms with Crippen LogP contribution in [0.3, 0.4) is 0 Å². The Bertz CT molecular complexity index is 848. The fraction of sp³-hybridized carbons (Fsp3) is 0.200. The van der Waals surface area contributed by atoms with Crippen molar-refractivity contribution in [2.75, 3.05) is 0 Å². The van der Waals surface area contributed by atoms with Crippen LogP contribution in [0.1, 0.15) is 16.7 Å². The standard InChI is InChI=1S/C15H15N5OS/c1-10-7-8-14(22-10)11(2)16-18-15(21)9-20-13-6-4-3-5-12(13)17-19-20/h3-8H,9H2,1-2H3,(H,18,21)/b16-11-. The number of rotatable bonds is 4. The first-order chi connectivity index (χ1) is 10.6. The summed E-state index contributed by atoms with van der Waals surface area (Å²) in [5.41, 5.74) is 4.94. The molecule has 0 saturated carbocycles. The molecule has 112 valence electrons. The Labute approximate surface area is 131 Å². The van der Waals surface area contributed by atoms with E-state index in [0.717, 1.165) is 21.6 Å². The van der Waals surface area contributed by atoms with Gasteiger partial charge in [-0.05, 0) is 38.1 Å². The van der Waals surface area contributed by atoms with Gasteiger partial charge in [-0.25, -0.2) is 10.1 Å². The highest BCUT2D eigenvalue weighted by molar-refractivity contribution is 7.14. The largest absolute Gasteiger partial charge is 0.271 e. The van der Waals surface area contributed by atoms with Crippen molar-refractivity contribution in [1.29, 1.82) is 0 Å². The second-order valence-electron chi connectivity index (χ2n) is 4.88. The van der Waals surface area contributed by atoms with E-state index in [2.05, 4.69) is 20.8 Å². The number of para-hydroxylation sites is 1. The lowest BCUT2D eigenvalue weighted by Gasteiger charge is -2.02. The molecule has 1 N–H and O–H groups in total. The number of aryl methyl sites for hydroxylation is 1. The minimum Gasteiger partial charge on any atom is -0.271 e. The lowest BCUT2D eigenvalue weighted by atomic mass is 10.3. The molecule has 6 nitrogen and oxygen atoms in total. The minimum absolute atomic E-state index is 0.0841. The molecular weight excluding hydrogens is 298 g/mol. The average molecular weight is 313 g/mol. The smallest absolute Gasteiger partial charge is 0.261 e. The molecule has 1 amide bonds. The summed E-state index contributed by atoms with van der Waals surface area (Å²) in [5, 5.41) is 12.1. The van der Waals surface area contributed by atoms with Gasteiger partial charge in [-0.2, -0.15) is 5.10 Å². The van der Waals surface area contributed by atoms with Crippen molar-refractivity contribution in [2.24, 2.45) is 5.10 Å². The number of nitrogens with zero attached hydrogens (tertiary/aromatic N) is 4. The fourth-order valence-corrected chi connectivity index (χ4v) is 2.85. The van der Waals surface area contributed by atoms with Crippen LogP contribution in [0.15, 0.2) is 41.5 Å². The Morgan fingerprint density at radius 3 is 2.91 bits per heavy atom. The topological polar surface area (TPSA) is 72.2 Å². The van der Waals surface area contributed by atoms with E-state index in [1.165, 1.54) is 4.88 Å². The number of amides is 1. The number of carbonyl (C=O) groups excluding carboxylic acids is 1. The Morgan fingerprint density at radius 1 is 1.32 bits per heavy atom. The van der Waals surface area contributed by atoms with E-state index in [9.17, 15) is 4.79 Å². The van der Waals surface area contributed by atoms with E-state index in [4.69, 9.17) is 0 Å². The lowest BCUT2D eigenvalue weighted by molar-refractivity contribution is -0.121. The number of carbonyl (C=O) groups is 1. The monoisotopic (exact) mass is 313 g/mol. The van der Waals surface area contributed by atoms with Crippen molar-refractivity contribution in [3.05, 3.63) is 46.2 Å². The molecule has 0 aliphatic heterocycles. The first-order valence-corrected chi connectivity index (χ1v) is 7.63. The molecule has 0 spiro atoms. The van der Waals surface area contributed by atoms with Crippen molar-refractivity contribution in [3.63, 3.8) is 0 Å². The maximum atomic E-state index is 12.0. The highest BCUT2D eigenvalue weighted by atomic mass is 32.1. The molecule has 3 rings (SSSR count). The Hall–Kier alpha value is -2.54. The third-order valence-electron chi connectivity index (χ3n) is 3.16. The van der Waals surface area contributed by atoms with Crippen LogP contribution in [0.4, 0.5) is 0 Å². The molecule has 0 fully saturated rings. The third kappa shape index (κ3) is 3.04. The normalized spacial score (nSPS) is 11.8. The second kappa shape index (κ2) is 6.07. The van der Waals surface area contributed by atoms with Gasteiger partial charge in [0.25, 0.3) is 5.91 Å². The number of benzene rings is 1. The van der Waals surface area contributed by atoms with Crippen LogP contribution in [0, 0.1) is 6.92 Å². The lowest BCUT2D eigenvalue weighted by Crippen LogP contribution is -2.24. The summed E-state index contributed by atoms with van der Waals surface area (Å²) in [6.07, 6.45) is 0. The maximum Gasteiger partial charge on any atom is 0.261 e. The summed E-state index contributed by atoms with van der Waals surface area (Å²) in [5.74, 6) is -0.233.